The quantitative estimate of drug-likeness (QED) is 0.248. The number of methoxy groups -OCH3 is 2. The summed E-state index contributed by atoms with van der Waals surface area (Å²) in [4.78, 5) is 38.9. The van der Waals surface area contributed by atoms with E-state index >= 15 is 0 Å². The first kappa shape index (κ1) is 25.0. The van der Waals surface area contributed by atoms with Gasteiger partial charge in [-0.15, -0.1) is 0 Å². The molecule has 36 heavy (non-hydrogen) atoms. The number of aliphatic hydroxyl groups is 1. The lowest BCUT2D eigenvalue weighted by Crippen LogP contribution is -2.29. The van der Waals surface area contributed by atoms with Gasteiger partial charge in [0, 0.05) is 11.3 Å². The number of carboxylic acid groups (broad SMARTS) is 1. The summed E-state index contributed by atoms with van der Waals surface area (Å²) in [6, 6.07) is 17.1. The zero-order valence-corrected chi connectivity index (χ0v) is 21.0. The molecule has 1 saturated heterocycles. The third kappa shape index (κ3) is 4.70. The normalized spacial score (nSPS) is 16.8. The third-order valence-corrected chi connectivity index (χ3v) is 6.49. The molecule has 3 aromatic rings. The second-order valence-corrected chi connectivity index (χ2v) is 8.88. The fraction of sp³-hybridized carbons (Fsp3) is 0.148. The molecule has 184 valence electrons. The van der Waals surface area contributed by atoms with E-state index in [0.29, 0.717) is 38.3 Å². The van der Waals surface area contributed by atoms with Crippen LogP contribution < -0.4 is 14.4 Å². The van der Waals surface area contributed by atoms with Gasteiger partial charge in [-0.25, -0.2) is 0 Å². The summed E-state index contributed by atoms with van der Waals surface area (Å²) in [5, 5.41) is 20.3. The maximum absolute atomic E-state index is 13.3. The minimum atomic E-state index is -0.980. The van der Waals surface area contributed by atoms with Crippen molar-refractivity contribution in [1.82, 2.24) is 0 Å². The number of anilines is 1. The molecule has 0 bridgehead atoms. The number of halogens is 1. The van der Waals surface area contributed by atoms with Crippen molar-refractivity contribution in [3.8, 4) is 11.5 Å². The number of aliphatic hydroxyl groups excluding tert-OH is 1. The average molecular weight is 552 g/mol. The van der Waals surface area contributed by atoms with Crippen molar-refractivity contribution < 1.29 is 34.1 Å². The average Bonchev–Trinajstić information content (AvgIpc) is 3.14. The van der Waals surface area contributed by atoms with Crippen LogP contribution in [0.25, 0.3) is 5.76 Å². The van der Waals surface area contributed by atoms with Crippen LogP contribution in [0.15, 0.2) is 76.8 Å². The molecular weight excluding hydrogens is 530 g/mol. The van der Waals surface area contributed by atoms with Gasteiger partial charge in [-0.3, -0.25) is 19.3 Å². The Labute approximate surface area is 215 Å². The highest BCUT2D eigenvalue weighted by Gasteiger charge is 2.47. The minimum Gasteiger partial charge on any atom is -0.507 e. The van der Waals surface area contributed by atoms with Crippen LogP contribution in [0, 0.1) is 0 Å². The standard InChI is InChI=1S/C27H22BrNO7/c1-35-19-10-5-16(6-11-19)24-23(25(32)17-7-12-21(36-2)20(28)14-17)26(33)27(34)29(24)18-8-3-15(4-9-18)13-22(30)31/h3-12,14,24,32H,13H2,1-2H3,(H,30,31)/b25-23-. The summed E-state index contributed by atoms with van der Waals surface area (Å²) < 4.78 is 11.0. The molecule has 0 aromatic heterocycles. The molecule has 8 nitrogen and oxygen atoms in total. The van der Waals surface area contributed by atoms with Crippen LogP contribution in [-0.4, -0.2) is 42.1 Å². The third-order valence-electron chi connectivity index (χ3n) is 5.87. The van der Waals surface area contributed by atoms with Crippen molar-refractivity contribution in [1.29, 1.82) is 0 Å². The second-order valence-electron chi connectivity index (χ2n) is 8.03. The molecule has 1 aliphatic heterocycles. The molecule has 1 fully saturated rings. The molecular formula is C27H22BrNO7. The smallest absolute Gasteiger partial charge is 0.307 e. The molecule has 0 spiro atoms. The summed E-state index contributed by atoms with van der Waals surface area (Å²) in [6.07, 6.45) is -0.173. The van der Waals surface area contributed by atoms with E-state index in [4.69, 9.17) is 14.6 Å². The monoisotopic (exact) mass is 551 g/mol. The maximum atomic E-state index is 13.3. The van der Waals surface area contributed by atoms with E-state index in [1.165, 1.54) is 19.1 Å². The van der Waals surface area contributed by atoms with E-state index in [1.54, 1.807) is 66.7 Å². The van der Waals surface area contributed by atoms with Crippen molar-refractivity contribution in [2.24, 2.45) is 0 Å². The van der Waals surface area contributed by atoms with Gasteiger partial charge >= 0.3 is 5.97 Å². The molecule has 4 rings (SSSR count). The lowest BCUT2D eigenvalue weighted by Gasteiger charge is -2.25. The number of amides is 1. The lowest BCUT2D eigenvalue weighted by atomic mass is 9.95. The van der Waals surface area contributed by atoms with Gasteiger partial charge in [0.05, 0.1) is 36.7 Å². The van der Waals surface area contributed by atoms with E-state index in [0.717, 1.165) is 0 Å². The molecule has 1 heterocycles. The highest BCUT2D eigenvalue weighted by Crippen LogP contribution is 2.43. The summed E-state index contributed by atoms with van der Waals surface area (Å²) >= 11 is 3.38. The van der Waals surface area contributed by atoms with Gasteiger partial charge in [-0.2, -0.15) is 0 Å². The van der Waals surface area contributed by atoms with E-state index in [9.17, 15) is 19.5 Å². The van der Waals surface area contributed by atoms with Crippen molar-refractivity contribution in [2.45, 2.75) is 12.5 Å². The van der Waals surface area contributed by atoms with Crippen LogP contribution in [0.4, 0.5) is 5.69 Å². The number of carbonyl (C=O) groups excluding carboxylic acids is 2. The first-order chi connectivity index (χ1) is 17.2. The van der Waals surface area contributed by atoms with Gasteiger partial charge in [-0.05, 0) is 69.5 Å². The Bertz CT molecular complexity index is 1360. The molecule has 0 radical (unpaired) electrons. The maximum Gasteiger partial charge on any atom is 0.307 e. The molecule has 1 atom stereocenters. The highest BCUT2D eigenvalue weighted by atomic mass is 79.9. The first-order valence-electron chi connectivity index (χ1n) is 10.8. The Morgan fingerprint density at radius 3 is 2.17 bits per heavy atom. The van der Waals surface area contributed by atoms with E-state index < -0.39 is 23.7 Å². The van der Waals surface area contributed by atoms with Gasteiger partial charge in [0.1, 0.15) is 17.3 Å². The molecule has 1 amide bonds. The number of carbonyl (C=O) groups is 3. The summed E-state index contributed by atoms with van der Waals surface area (Å²) in [5.74, 6) is -1.83. The van der Waals surface area contributed by atoms with Gasteiger partial charge in [0.25, 0.3) is 11.7 Å². The Morgan fingerprint density at radius 1 is 0.944 bits per heavy atom. The van der Waals surface area contributed by atoms with E-state index in [1.807, 2.05) is 0 Å². The number of rotatable bonds is 7. The van der Waals surface area contributed by atoms with Crippen LogP contribution in [0.2, 0.25) is 0 Å². The fourth-order valence-electron chi connectivity index (χ4n) is 4.12. The number of hydrogen-bond donors (Lipinski definition) is 2. The number of hydrogen-bond acceptors (Lipinski definition) is 6. The number of ketones is 1. The van der Waals surface area contributed by atoms with Crippen molar-refractivity contribution >= 4 is 45.0 Å². The van der Waals surface area contributed by atoms with Crippen molar-refractivity contribution in [3.63, 3.8) is 0 Å². The zero-order chi connectivity index (χ0) is 26.0. The minimum absolute atomic E-state index is 0.0724. The molecule has 9 heteroatoms. The predicted molar refractivity (Wildman–Crippen MR) is 136 cm³/mol. The van der Waals surface area contributed by atoms with Crippen LogP contribution in [0.3, 0.4) is 0 Å². The van der Waals surface area contributed by atoms with Crippen LogP contribution >= 0.6 is 15.9 Å². The van der Waals surface area contributed by atoms with Gasteiger partial charge in [0.2, 0.25) is 0 Å². The number of nitrogens with zero attached hydrogens (tertiary/aromatic N) is 1. The summed E-state index contributed by atoms with van der Waals surface area (Å²) in [5.41, 5.74) is 1.78. The SMILES string of the molecule is COc1ccc(C2/C(=C(/O)c3ccc(OC)c(Br)c3)C(=O)C(=O)N2c2ccc(CC(=O)O)cc2)cc1. The molecule has 0 saturated carbocycles. The Hall–Kier alpha value is -4.11. The van der Waals surface area contributed by atoms with E-state index in [2.05, 4.69) is 15.9 Å². The molecule has 3 aromatic carbocycles. The number of carboxylic acids is 1. The fourth-order valence-corrected chi connectivity index (χ4v) is 4.66. The van der Waals surface area contributed by atoms with Crippen molar-refractivity contribution in [3.05, 3.63) is 93.5 Å². The largest absolute Gasteiger partial charge is 0.507 e. The molecule has 1 aliphatic rings. The van der Waals surface area contributed by atoms with Gasteiger partial charge in [-0.1, -0.05) is 24.3 Å². The second kappa shape index (κ2) is 10.2. The van der Waals surface area contributed by atoms with Crippen LogP contribution in [-0.2, 0) is 20.8 Å². The predicted octanol–water partition coefficient (Wildman–Crippen LogP) is 4.72. The Morgan fingerprint density at radius 2 is 1.61 bits per heavy atom. The van der Waals surface area contributed by atoms with Crippen LogP contribution in [0.1, 0.15) is 22.7 Å². The van der Waals surface area contributed by atoms with Crippen LogP contribution in [0.5, 0.6) is 11.5 Å². The molecule has 1 unspecified atom stereocenters. The van der Waals surface area contributed by atoms with Gasteiger partial charge < -0.3 is 19.7 Å². The highest BCUT2D eigenvalue weighted by molar-refractivity contribution is 9.10. The van der Waals surface area contributed by atoms with E-state index in [-0.39, 0.29) is 17.8 Å². The summed E-state index contributed by atoms with van der Waals surface area (Å²) in [7, 11) is 3.04. The first-order valence-corrected chi connectivity index (χ1v) is 11.6. The number of aliphatic carboxylic acids is 1. The summed E-state index contributed by atoms with van der Waals surface area (Å²) in [6.45, 7) is 0. The Balaban J connectivity index is 1.87. The number of Topliss-reactive ketones (excluding diaryl/α,β-unsaturated/α-hetero) is 1. The molecule has 0 aliphatic carbocycles. The van der Waals surface area contributed by atoms with Crippen molar-refractivity contribution in [2.75, 3.05) is 19.1 Å². The van der Waals surface area contributed by atoms with Gasteiger partial charge in [0.15, 0.2) is 0 Å². The molecule has 2 N–H and O–H groups in total. The lowest BCUT2D eigenvalue weighted by molar-refractivity contribution is -0.136. The number of benzene rings is 3. The topological polar surface area (TPSA) is 113 Å². The number of ether oxygens (including phenoxy) is 2. The Kier molecular flexibility index (Phi) is 7.12. The zero-order valence-electron chi connectivity index (χ0n) is 19.4.